The molecule has 3 rings (SSSR count). The number of hydrogen-bond acceptors (Lipinski definition) is 4. The van der Waals surface area contributed by atoms with Crippen LogP contribution in [0.15, 0.2) is 0 Å². The minimum atomic E-state index is -0.0988. The van der Waals surface area contributed by atoms with E-state index in [1.807, 2.05) is 0 Å². The summed E-state index contributed by atoms with van der Waals surface area (Å²) in [6, 6.07) is 0. The molecular formula is C18H34N2O2. The highest BCUT2D eigenvalue weighted by Gasteiger charge is 2.32. The Morgan fingerprint density at radius 3 is 2.45 bits per heavy atom. The van der Waals surface area contributed by atoms with Gasteiger partial charge in [0.2, 0.25) is 0 Å². The van der Waals surface area contributed by atoms with Gasteiger partial charge in [0.15, 0.2) is 0 Å². The lowest BCUT2D eigenvalue weighted by atomic mass is 9.77. The molecule has 0 aromatic heterocycles. The van der Waals surface area contributed by atoms with Crippen molar-refractivity contribution in [2.24, 2.45) is 11.8 Å². The molecule has 0 aromatic carbocycles. The van der Waals surface area contributed by atoms with Gasteiger partial charge < -0.3 is 20.1 Å². The summed E-state index contributed by atoms with van der Waals surface area (Å²) in [6.07, 6.45) is 10.0. The monoisotopic (exact) mass is 310 g/mol. The molecule has 0 bridgehead atoms. The summed E-state index contributed by atoms with van der Waals surface area (Å²) in [5.74, 6) is 0.981. The van der Waals surface area contributed by atoms with Crippen molar-refractivity contribution < 1.29 is 9.84 Å². The van der Waals surface area contributed by atoms with Crippen LogP contribution in [-0.2, 0) is 4.74 Å². The van der Waals surface area contributed by atoms with Crippen LogP contribution in [0.5, 0.6) is 0 Å². The predicted molar refractivity (Wildman–Crippen MR) is 89.0 cm³/mol. The van der Waals surface area contributed by atoms with Crippen LogP contribution in [0.25, 0.3) is 0 Å². The number of rotatable bonds is 6. The number of piperidine rings is 1. The minimum absolute atomic E-state index is 0.0988. The fourth-order valence-electron chi connectivity index (χ4n) is 4.51. The first kappa shape index (κ1) is 16.7. The molecule has 4 heteroatoms. The lowest BCUT2D eigenvalue weighted by molar-refractivity contribution is -0.0268. The standard InChI is InChI=1S/C18H34N2O2/c21-18(16-4-3-9-19-14-16)15-5-7-17(8-6-15)22-13-12-20-10-1-2-11-20/h15-19,21H,1-14H2. The number of nitrogens with one attached hydrogen (secondary N) is 1. The molecule has 1 aliphatic carbocycles. The average molecular weight is 310 g/mol. The molecule has 2 heterocycles. The highest BCUT2D eigenvalue weighted by atomic mass is 16.5. The van der Waals surface area contributed by atoms with E-state index >= 15 is 0 Å². The Balaban J connectivity index is 1.31. The van der Waals surface area contributed by atoms with Crippen LogP contribution in [0.2, 0.25) is 0 Å². The molecule has 0 spiro atoms. The third kappa shape index (κ3) is 4.67. The normalized spacial score (nSPS) is 35.6. The highest BCUT2D eigenvalue weighted by molar-refractivity contribution is 4.84. The molecule has 2 aliphatic heterocycles. The Kier molecular flexibility index (Phi) is 6.54. The van der Waals surface area contributed by atoms with Crippen LogP contribution >= 0.6 is 0 Å². The molecule has 128 valence electrons. The van der Waals surface area contributed by atoms with Gasteiger partial charge in [0.05, 0.1) is 18.8 Å². The number of ether oxygens (including phenoxy) is 1. The molecule has 2 N–H and O–H groups in total. The van der Waals surface area contributed by atoms with Crippen molar-refractivity contribution in [3.8, 4) is 0 Å². The first-order chi connectivity index (χ1) is 10.8. The summed E-state index contributed by atoms with van der Waals surface area (Å²) >= 11 is 0. The van der Waals surface area contributed by atoms with Gasteiger partial charge in [-0.05, 0) is 82.8 Å². The SMILES string of the molecule is OC(C1CCC(OCCN2CCCC2)CC1)C1CCCNC1. The van der Waals surface area contributed by atoms with Crippen LogP contribution < -0.4 is 5.32 Å². The predicted octanol–water partition coefficient (Wildman–Crippen LogP) is 2.02. The number of aliphatic hydroxyl groups excluding tert-OH is 1. The van der Waals surface area contributed by atoms with Gasteiger partial charge in [-0.1, -0.05) is 0 Å². The summed E-state index contributed by atoms with van der Waals surface area (Å²) < 4.78 is 6.08. The summed E-state index contributed by atoms with van der Waals surface area (Å²) in [7, 11) is 0. The van der Waals surface area contributed by atoms with Crippen LogP contribution in [0.1, 0.15) is 51.4 Å². The van der Waals surface area contributed by atoms with E-state index in [0.29, 0.717) is 17.9 Å². The molecule has 0 amide bonds. The quantitative estimate of drug-likeness (QED) is 0.788. The van der Waals surface area contributed by atoms with Gasteiger partial charge in [-0.25, -0.2) is 0 Å². The first-order valence-electron chi connectivity index (χ1n) is 9.55. The second-order valence-corrected chi connectivity index (χ2v) is 7.55. The maximum absolute atomic E-state index is 10.6. The fourth-order valence-corrected chi connectivity index (χ4v) is 4.51. The van der Waals surface area contributed by atoms with Crippen molar-refractivity contribution in [3.63, 3.8) is 0 Å². The molecule has 22 heavy (non-hydrogen) atoms. The van der Waals surface area contributed by atoms with Crippen molar-refractivity contribution in [2.45, 2.75) is 63.6 Å². The van der Waals surface area contributed by atoms with Gasteiger partial charge >= 0.3 is 0 Å². The van der Waals surface area contributed by atoms with E-state index in [1.54, 1.807) is 0 Å². The summed E-state index contributed by atoms with van der Waals surface area (Å²) in [4.78, 5) is 2.52. The largest absolute Gasteiger partial charge is 0.393 e. The van der Waals surface area contributed by atoms with Gasteiger partial charge in [0.1, 0.15) is 0 Å². The van der Waals surface area contributed by atoms with E-state index in [0.717, 1.165) is 51.9 Å². The number of likely N-dealkylation sites (tertiary alicyclic amines) is 1. The third-order valence-corrected chi connectivity index (χ3v) is 5.98. The van der Waals surface area contributed by atoms with E-state index in [4.69, 9.17) is 4.74 Å². The zero-order chi connectivity index (χ0) is 15.2. The maximum atomic E-state index is 10.6. The Labute approximate surface area is 135 Å². The van der Waals surface area contributed by atoms with Gasteiger partial charge in [-0.15, -0.1) is 0 Å². The lowest BCUT2D eigenvalue weighted by Gasteiger charge is -2.36. The van der Waals surface area contributed by atoms with Crippen molar-refractivity contribution in [2.75, 3.05) is 39.3 Å². The van der Waals surface area contributed by atoms with Gasteiger partial charge in [0, 0.05) is 13.1 Å². The Morgan fingerprint density at radius 1 is 1.00 bits per heavy atom. The van der Waals surface area contributed by atoms with Gasteiger partial charge in [-0.3, -0.25) is 0 Å². The van der Waals surface area contributed by atoms with E-state index in [9.17, 15) is 5.11 Å². The lowest BCUT2D eigenvalue weighted by Crippen LogP contribution is -2.41. The third-order valence-electron chi connectivity index (χ3n) is 5.98. The maximum Gasteiger partial charge on any atom is 0.0608 e. The van der Waals surface area contributed by atoms with E-state index in [-0.39, 0.29) is 6.10 Å². The van der Waals surface area contributed by atoms with Crippen LogP contribution in [0.4, 0.5) is 0 Å². The zero-order valence-corrected chi connectivity index (χ0v) is 14.0. The molecule has 4 nitrogen and oxygen atoms in total. The van der Waals surface area contributed by atoms with Crippen LogP contribution in [0.3, 0.4) is 0 Å². The van der Waals surface area contributed by atoms with E-state index in [1.165, 1.54) is 38.8 Å². The van der Waals surface area contributed by atoms with E-state index < -0.39 is 0 Å². The summed E-state index contributed by atoms with van der Waals surface area (Å²) in [5, 5.41) is 14.0. The molecule has 2 unspecified atom stereocenters. The second kappa shape index (κ2) is 8.62. The molecule has 0 aromatic rings. The summed E-state index contributed by atoms with van der Waals surface area (Å²) in [6.45, 7) is 6.66. The minimum Gasteiger partial charge on any atom is -0.393 e. The topological polar surface area (TPSA) is 44.7 Å². The molecule has 2 saturated heterocycles. The van der Waals surface area contributed by atoms with Crippen LogP contribution in [-0.4, -0.2) is 61.5 Å². The van der Waals surface area contributed by atoms with Gasteiger partial charge in [-0.2, -0.15) is 0 Å². The highest BCUT2D eigenvalue weighted by Crippen LogP contribution is 2.32. The number of hydrogen-bond donors (Lipinski definition) is 2. The molecule has 0 radical (unpaired) electrons. The van der Waals surface area contributed by atoms with Crippen molar-refractivity contribution in [1.29, 1.82) is 0 Å². The molecular weight excluding hydrogens is 276 g/mol. The summed E-state index contributed by atoms with van der Waals surface area (Å²) in [5.41, 5.74) is 0. The molecule has 3 aliphatic rings. The average Bonchev–Trinajstić information content (AvgIpc) is 3.09. The van der Waals surface area contributed by atoms with Crippen LogP contribution in [0, 0.1) is 11.8 Å². The second-order valence-electron chi connectivity index (χ2n) is 7.55. The van der Waals surface area contributed by atoms with Crippen molar-refractivity contribution in [1.82, 2.24) is 10.2 Å². The number of aliphatic hydroxyl groups is 1. The Morgan fingerprint density at radius 2 is 1.77 bits per heavy atom. The molecule has 2 atom stereocenters. The Hall–Kier alpha value is -0.160. The number of nitrogens with zero attached hydrogens (tertiary/aromatic N) is 1. The first-order valence-corrected chi connectivity index (χ1v) is 9.55. The van der Waals surface area contributed by atoms with Crippen molar-refractivity contribution >= 4 is 0 Å². The Bertz CT molecular complexity index is 306. The van der Waals surface area contributed by atoms with Crippen molar-refractivity contribution in [3.05, 3.63) is 0 Å². The zero-order valence-electron chi connectivity index (χ0n) is 14.0. The van der Waals surface area contributed by atoms with Gasteiger partial charge in [0.25, 0.3) is 0 Å². The molecule has 3 fully saturated rings. The fraction of sp³-hybridized carbons (Fsp3) is 1.00. The smallest absolute Gasteiger partial charge is 0.0608 e. The van der Waals surface area contributed by atoms with E-state index in [2.05, 4.69) is 10.2 Å². The molecule has 1 saturated carbocycles.